The summed E-state index contributed by atoms with van der Waals surface area (Å²) in [5.74, 6) is 1.28. The molecule has 0 fully saturated rings. The molecule has 2 heterocycles. The van der Waals surface area contributed by atoms with Crippen molar-refractivity contribution in [3.63, 3.8) is 0 Å². The van der Waals surface area contributed by atoms with Crippen LogP contribution in [-0.2, 0) is 19.4 Å². The third kappa shape index (κ3) is 16.1. The molecule has 4 N–H and O–H groups in total. The first-order valence-corrected chi connectivity index (χ1v) is 26.4. The molecular formula is C65H70N4O10. The van der Waals surface area contributed by atoms with Gasteiger partial charge in [0.05, 0.1) is 20.3 Å². The Balaban J connectivity index is 0.000000229. The minimum absolute atomic E-state index is 0.0449. The van der Waals surface area contributed by atoms with E-state index >= 15 is 0 Å². The smallest absolute Gasteiger partial charge is 0.360 e. The van der Waals surface area contributed by atoms with Gasteiger partial charge in [0, 0.05) is 58.9 Å². The van der Waals surface area contributed by atoms with Crippen molar-refractivity contribution in [2.24, 2.45) is 0 Å². The predicted molar refractivity (Wildman–Crippen MR) is 316 cm³/mol. The number of hydrogen-bond acceptors (Lipinski definition) is 12. The average molecular weight is 1070 g/mol. The molecule has 6 aromatic carbocycles. The monoisotopic (exact) mass is 1070 g/mol. The van der Waals surface area contributed by atoms with Crippen molar-refractivity contribution < 1.29 is 37.7 Å². The van der Waals surface area contributed by atoms with Crippen LogP contribution in [0.2, 0.25) is 0 Å². The maximum atomic E-state index is 13.0. The number of aryl methyl sites for hydroxylation is 2. The number of methoxy groups -OCH3 is 1. The zero-order valence-corrected chi connectivity index (χ0v) is 46.3. The number of phenolic OH excluding ortho intramolecular Hbond substituents is 1. The average Bonchev–Trinajstić information content (AvgIpc) is 3.50. The number of anilines is 3. The minimum atomic E-state index is -0.649. The van der Waals surface area contributed by atoms with Crippen LogP contribution in [0.1, 0.15) is 89.1 Å². The highest BCUT2D eigenvalue weighted by Crippen LogP contribution is 2.30. The molecule has 410 valence electrons. The molecule has 0 spiro atoms. The van der Waals surface area contributed by atoms with Gasteiger partial charge in [0.1, 0.15) is 45.5 Å². The van der Waals surface area contributed by atoms with Gasteiger partial charge >= 0.3 is 11.3 Å². The number of benzene rings is 6. The zero-order chi connectivity index (χ0) is 56.4. The molecule has 8 aromatic rings. The van der Waals surface area contributed by atoms with E-state index in [4.69, 9.17) is 23.0 Å². The van der Waals surface area contributed by atoms with Crippen LogP contribution >= 0.6 is 0 Å². The summed E-state index contributed by atoms with van der Waals surface area (Å²) < 4.78 is 28.6. The number of nitrogens with zero attached hydrogens (tertiary/aromatic N) is 1. The van der Waals surface area contributed by atoms with Gasteiger partial charge in [-0.2, -0.15) is 0 Å². The molecule has 0 aliphatic rings. The summed E-state index contributed by atoms with van der Waals surface area (Å²) in [7, 11) is 3.65. The zero-order valence-electron chi connectivity index (χ0n) is 46.3. The molecule has 0 bridgehead atoms. The molecule has 2 amide bonds. The van der Waals surface area contributed by atoms with Gasteiger partial charge in [-0.3, -0.25) is 9.59 Å². The molecule has 79 heavy (non-hydrogen) atoms. The SMILES string of the molecule is CC(C)=CCc1cc(C(=O)Nc2cc3ccc(OCCCN(C)c4ccccc4)c(C)c3oc2=O)ccc1O.COc1ccc(C(=O)Nc2cc3ccc(OCCCNCc4ccccc4)c(C)c3oc2=O)cc1CC=C(C)C. The first kappa shape index (κ1) is 57.8. The first-order valence-electron chi connectivity index (χ1n) is 26.4. The van der Waals surface area contributed by atoms with Gasteiger partial charge in [-0.05, 0) is 175 Å². The van der Waals surface area contributed by atoms with Crippen molar-refractivity contribution in [2.45, 2.75) is 73.8 Å². The molecule has 14 nitrogen and oxygen atoms in total. The molecule has 8 rings (SSSR count). The van der Waals surface area contributed by atoms with Gasteiger partial charge < -0.3 is 49.0 Å². The van der Waals surface area contributed by atoms with E-state index < -0.39 is 23.1 Å². The van der Waals surface area contributed by atoms with Crippen molar-refractivity contribution in [3.8, 4) is 23.0 Å². The fourth-order valence-corrected chi connectivity index (χ4v) is 8.59. The topological polar surface area (TPSA) is 182 Å². The lowest BCUT2D eigenvalue weighted by Gasteiger charge is -2.19. The number of aromatic hydroxyl groups is 1. The third-order valence-corrected chi connectivity index (χ3v) is 13.1. The maximum absolute atomic E-state index is 13.0. The van der Waals surface area contributed by atoms with Crippen LogP contribution in [0, 0.1) is 13.8 Å². The van der Waals surface area contributed by atoms with E-state index in [1.165, 1.54) is 23.3 Å². The molecule has 0 unspecified atom stereocenters. The summed E-state index contributed by atoms with van der Waals surface area (Å²) in [6.07, 6.45) is 6.84. The Kier molecular flexibility index (Phi) is 20.5. The van der Waals surface area contributed by atoms with Crippen molar-refractivity contribution in [3.05, 3.63) is 217 Å². The number of allylic oxidation sites excluding steroid dienone is 4. The number of nitrogens with one attached hydrogen (secondary N) is 3. The van der Waals surface area contributed by atoms with Gasteiger partial charge in [0.15, 0.2) is 0 Å². The lowest BCUT2D eigenvalue weighted by Crippen LogP contribution is -2.20. The molecule has 14 heteroatoms. The van der Waals surface area contributed by atoms with Crippen molar-refractivity contribution in [1.29, 1.82) is 0 Å². The normalized spacial score (nSPS) is 10.8. The van der Waals surface area contributed by atoms with Crippen molar-refractivity contribution in [1.82, 2.24) is 5.32 Å². The Hall–Kier alpha value is -8.88. The molecule has 2 aromatic heterocycles. The summed E-state index contributed by atoms with van der Waals surface area (Å²) in [6.45, 7) is 15.2. The predicted octanol–water partition coefficient (Wildman–Crippen LogP) is 12.9. The Morgan fingerprint density at radius 1 is 0.608 bits per heavy atom. The van der Waals surface area contributed by atoms with Crippen molar-refractivity contribution >= 4 is 50.8 Å². The largest absolute Gasteiger partial charge is 0.508 e. The first-order chi connectivity index (χ1) is 38.1. The molecule has 0 atom stereocenters. The Bertz CT molecular complexity index is 3580. The van der Waals surface area contributed by atoms with E-state index in [1.807, 2.05) is 115 Å². The fraction of sp³-hybridized carbons (Fsp3) is 0.262. The van der Waals surface area contributed by atoms with Crippen LogP contribution in [0.5, 0.6) is 23.0 Å². The summed E-state index contributed by atoms with van der Waals surface area (Å²) in [5, 5.41) is 20.3. The standard InChI is InChI=1S/C33H36N2O5.C32H34N2O5/c1-22(2)11-12-25-19-27(14-16-30(25)38-4)32(36)35-28-20-26-13-15-29(23(3)31(26)40-33(28)37)39-18-8-17-34-21-24-9-6-5-7-10-24;1-21(2)11-12-23-19-25(13-15-28(23)35)31(36)33-27-20-24-14-16-29(22(3)30(24)39-32(27)37)38-18-8-17-34(4)26-9-6-5-7-10-26/h5-7,9-11,13-16,19-20,34H,8,12,17-18,21H2,1-4H3,(H,35,36);5-7,9-11,13-16,19-20,35H,8,12,17-18H2,1-4H3,(H,33,36). The summed E-state index contributed by atoms with van der Waals surface area (Å²) in [5.41, 5.74) is 8.13. The lowest BCUT2D eigenvalue weighted by atomic mass is 10.0. The lowest BCUT2D eigenvalue weighted by molar-refractivity contribution is 0.101. The summed E-state index contributed by atoms with van der Waals surface area (Å²) in [4.78, 5) is 53.6. The van der Waals surface area contributed by atoms with Gasteiger partial charge in [-0.1, -0.05) is 71.8 Å². The van der Waals surface area contributed by atoms with Crippen LogP contribution in [0.15, 0.2) is 175 Å². The van der Waals surface area contributed by atoms with E-state index in [0.717, 1.165) is 60.4 Å². The number of carbonyl (C=O) groups is 2. The fourth-order valence-electron chi connectivity index (χ4n) is 8.59. The van der Waals surface area contributed by atoms with Gasteiger partial charge in [-0.25, -0.2) is 9.59 Å². The van der Waals surface area contributed by atoms with Gasteiger partial charge in [-0.15, -0.1) is 0 Å². The molecule has 0 saturated carbocycles. The minimum Gasteiger partial charge on any atom is -0.508 e. The molecule has 0 aliphatic heterocycles. The maximum Gasteiger partial charge on any atom is 0.360 e. The van der Waals surface area contributed by atoms with Crippen LogP contribution in [0.4, 0.5) is 17.1 Å². The van der Waals surface area contributed by atoms with Gasteiger partial charge in [0.25, 0.3) is 11.8 Å². The van der Waals surface area contributed by atoms with E-state index in [2.05, 4.69) is 51.2 Å². The number of hydrogen-bond donors (Lipinski definition) is 4. The van der Waals surface area contributed by atoms with Crippen molar-refractivity contribution in [2.75, 3.05) is 56.0 Å². The highest BCUT2D eigenvalue weighted by Gasteiger charge is 2.18. The quantitative estimate of drug-likeness (QED) is 0.0287. The highest BCUT2D eigenvalue weighted by molar-refractivity contribution is 6.06. The Labute approximate surface area is 461 Å². The Morgan fingerprint density at radius 3 is 1.65 bits per heavy atom. The second-order valence-electron chi connectivity index (χ2n) is 19.7. The van der Waals surface area contributed by atoms with Gasteiger partial charge in [0.2, 0.25) is 0 Å². The number of rotatable bonds is 22. The number of carbonyl (C=O) groups excluding carboxylic acids is 2. The number of phenols is 1. The highest BCUT2D eigenvalue weighted by atomic mass is 16.5. The van der Waals surface area contributed by atoms with Crippen LogP contribution in [0.25, 0.3) is 21.9 Å². The van der Waals surface area contributed by atoms with E-state index in [1.54, 1.807) is 43.5 Å². The van der Waals surface area contributed by atoms with E-state index in [9.17, 15) is 24.3 Å². The number of ether oxygens (including phenoxy) is 3. The van der Waals surface area contributed by atoms with E-state index in [-0.39, 0.29) is 17.1 Å². The molecule has 0 radical (unpaired) electrons. The molecule has 0 aliphatic carbocycles. The summed E-state index contributed by atoms with van der Waals surface area (Å²) in [6, 6.07) is 40.8. The van der Waals surface area contributed by atoms with Crippen LogP contribution in [0.3, 0.4) is 0 Å². The molecule has 0 saturated heterocycles. The second kappa shape index (κ2) is 28.0. The van der Waals surface area contributed by atoms with Crippen LogP contribution in [-0.4, -0.2) is 57.4 Å². The number of amides is 2. The summed E-state index contributed by atoms with van der Waals surface area (Å²) >= 11 is 0. The second-order valence-corrected chi connectivity index (χ2v) is 19.7. The Morgan fingerprint density at radius 2 is 1.10 bits per heavy atom. The number of fused-ring (bicyclic) bond motifs is 2. The van der Waals surface area contributed by atoms with Crippen LogP contribution < -0.4 is 46.3 Å². The van der Waals surface area contributed by atoms with E-state index in [0.29, 0.717) is 81.9 Å². The third-order valence-electron chi connectivity index (χ3n) is 13.1. The molecular weight excluding hydrogens is 997 g/mol. The number of para-hydroxylation sites is 1.